The molecule has 0 radical (unpaired) electrons. The van der Waals surface area contributed by atoms with E-state index in [1.54, 1.807) is 4.68 Å². The van der Waals surface area contributed by atoms with Gasteiger partial charge in [-0.25, -0.2) is 4.79 Å². The van der Waals surface area contributed by atoms with Crippen molar-refractivity contribution in [1.82, 2.24) is 9.78 Å². The molecule has 0 spiro atoms. The lowest BCUT2D eigenvalue weighted by Gasteiger charge is -2.28. The molecule has 38 heavy (non-hydrogen) atoms. The number of aromatic nitrogens is 2. The highest BCUT2D eigenvalue weighted by molar-refractivity contribution is 6.21. The lowest BCUT2D eigenvalue weighted by molar-refractivity contribution is -0.132. The van der Waals surface area contributed by atoms with Crippen LogP contribution in [-0.2, 0) is 11.8 Å². The summed E-state index contributed by atoms with van der Waals surface area (Å²) in [7, 11) is 1.88. The van der Waals surface area contributed by atoms with Crippen LogP contribution in [0.2, 0.25) is 0 Å². The van der Waals surface area contributed by atoms with E-state index in [0.29, 0.717) is 17.3 Å². The van der Waals surface area contributed by atoms with Crippen molar-refractivity contribution >= 4 is 17.4 Å². The van der Waals surface area contributed by atoms with E-state index >= 15 is 0 Å². The largest absolute Gasteiger partial charge is 0.490 e. The molecule has 3 atom stereocenters. The number of carboxylic acids is 1. The summed E-state index contributed by atoms with van der Waals surface area (Å²) in [6.45, 7) is 2.18. The van der Waals surface area contributed by atoms with Crippen molar-refractivity contribution in [3.05, 3.63) is 78.3 Å². The van der Waals surface area contributed by atoms with E-state index in [1.807, 2.05) is 55.8 Å². The topological polar surface area (TPSA) is 103 Å². The Kier molecular flexibility index (Phi) is 7.63. The zero-order valence-electron chi connectivity index (χ0n) is 22.1. The van der Waals surface area contributed by atoms with Gasteiger partial charge in [-0.1, -0.05) is 43.5 Å². The predicted molar refractivity (Wildman–Crippen MR) is 150 cm³/mol. The van der Waals surface area contributed by atoms with Gasteiger partial charge in [0.15, 0.2) is 0 Å². The van der Waals surface area contributed by atoms with Crippen LogP contribution in [0.5, 0.6) is 5.75 Å². The minimum Gasteiger partial charge on any atom is -0.490 e. The number of carboxylic acid groups (broad SMARTS) is 1. The van der Waals surface area contributed by atoms with Crippen molar-refractivity contribution in [2.45, 2.75) is 57.5 Å². The number of rotatable bonds is 9. The quantitative estimate of drug-likeness (QED) is 0.261. The van der Waals surface area contributed by atoms with Gasteiger partial charge < -0.3 is 15.6 Å². The van der Waals surface area contributed by atoms with Gasteiger partial charge in [0.2, 0.25) is 0 Å². The molecule has 2 aliphatic carbocycles. The summed E-state index contributed by atoms with van der Waals surface area (Å²) >= 11 is 0. The Morgan fingerprint density at radius 3 is 2.58 bits per heavy atom. The van der Waals surface area contributed by atoms with Crippen molar-refractivity contribution in [2.75, 3.05) is 0 Å². The molecule has 3 aromatic rings. The maximum absolute atomic E-state index is 12.0. The molecular formula is C31H36N4O3. The number of aryl methyl sites for hydroxylation is 1. The highest BCUT2D eigenvalue weighted by Gasteiger charge is 2.45. The summed E-state index contributed by atoms with van der Waals surface area (Å²) in [6.07, 6.45) is 12.3. The van der Waals surface area contributed by atoms with E-state index in [2.05, 4.69) is 24.2 Å². The van der Waals surface area contributed by atoms with Crippen LogP contribution in [0.15, 0.2) is 77.7 Å². The van der Waals surface area contributed by atoms with Crippen molar-refractivity contribution in [3.8, 4) is 16.9 Å². The van der Waals surface area contributed by atoms with Crippen LogP contribution in [0, 0.1) is 11.8 Å². The normalized spacial score (nSPS) is 21.2. The van der Waals surface area contributed by atoms with Crippen LogP contribution in [0.1, 0.15) is 56.9 Å². The summed E-state index contributed by atoms with van der Waals surface area (Å²) in [4.78, 5) is 16.9. The first-order valence-electron chi connectivity index (χ1n) is 13.5. The summed E-state index contributed by atoms with van der Waals surface area (Å²) in [5.74, 6) is 0.565. The van der Waals surface area contributed by atoms with E-state index < -0.39 is 5.97 Å². The molecule has 2 aliphatic rings. The number of nitrogens with two attached hydrogens (primary N) is 1. The highest BCUT2D eigenvalue weighted by Crippen LogP contribution is 2.50. The third-order valence-electron chi connectivity index (χ3n) is 7.87. The summed E-state index contributed by atoms with van der Waals surface area (Å²) in [5, 5.41) is 14.1. The Balaban J connectivity index is 1.39. The minimum atomic E-state index is -1.07. The first kappa shape index (κ1) is 25.8. The summed E-state index contributed by atoms with van der Waals surface area (Å²) < 4.78 is 8.12. The number of carbonyl (C=O) groups is 1. The van der Waals surface area contributed by atoms with Crippen molar-refractivity contribution in [1.29, 1.82) is 0 Å². The molecule has 0 aliphatic heterocycles. The molecule has 7 nitrogen and oxygen atoms in total. The number of aliphatic carboxylic acids is 1. The van der Waals surface area contributed by atoms with Crippen LogP contribution in [0.25, 0.3) is 11.1 Å². The standard InChI is InChI=1S/C31H36N4O3/c1-20(21-8-4-3-5-9-21)38-26-13-7-11-23(15-26)22-10-6-12-25(14-22)34-30(29(17-32)31(36)37)28-16-27(28)24-18-33-35(2)19-24/h6-7,10-15,17-21,27-28H,3-5,8-9,16,32H2,1-2H3,(H,36,37)/t20?,27?,28-/m1/s1. The second-order valence-electron chi connectivity index (χ2n) is 10.6. The molecule has 2 unspecified atom stereocenters. The van der Waals surface area contributed by atoms with Crippen LogP contribution >= 0.6 is 0 Å². The number of nitrogens with zero attached hydrogens (tertiary/aromatic N) is 3. The molecule has 2 fully saturated rings. The van der Waals surface area contributed by atoms with Crippen molar-refractivity contribution in [3.63, 3.8) is 0 Å². The molecule has 3 N–H and O–H groups in total. The lowest BCUT2D eigenvalue weighted by Crippen LogP contribution is -2.25. The lowest BCUT2D eigenvalue weighted by atomic mass is 9.86. The molecule has 7 heteroatoms. The third-order valence-corrected chi connectivity index (χ3v) is 7.87. The number of ether oxygens (including phenoxy) is 1. The Hall–Kier alpha value is -3.87. The molecular weight excluding hydrogens is 476 g/mol. The molecule has 1 heterocycles. The fourth-order valence-corrected chi connectivity index (χ4v) is 5.66. The fourth-order valence-electron chi connectivity index (χ4n) is 5.66. The molecule has 2 aromatic carbocycles. The Bertz CT molecular complexity index is 1350. The van der Waals surface area contributed by atoms with Crippen LogP contribution < -0.4 is 10.5 Å². The van der Waals surface area contributed by atoms with Crippen LogP contribution in [0.4, 0.5) is 5.69 Å². The molecule has 0 bridgehead atoms. The van der Waals surface area contributed by atoms with Gasteiger partial charge >= 0.3 is 5.97 Å². The first-order chi connectivity index (χ1) is 18.4. The Labute approximate surface area is 224 Å². The van der Waals surface area contributed by atoms with Gasteiger partial charge in [-0.05, 0) is 79.0 Å². The zero-order valence-corrected chi connectivity index (χ0v) is 22.1. The van der Waals surface area contributed by atoms with Gasteiger partial charge in [-0.15, -0.1) is 0 Å². The molecule has 1 aromatic heterocycles. The van der Waals surface area contributed by atoms with E-state index in [4.69, 9.17) is 15.5 Å². The van der Waals surface area contributed by atoms with Gasteiger partial charge in [0, 0.05) is 25.4 Å². The number of aliphatic imine (C=N–C) groups is 1. The Morgan fingerprint density at radius 2 is 1.89 bits per heavy atom. The smallest absolute Gasteiger partial charge is 0.339 e. The van der Waals surface area contributed by atoms with Gasteiger partial charge in [-0.3, -0.25) is 9.67 Å². The monoisotopic (exact) mass is 512 g/mol. The molecule has 2 saturated carbocycles. The molecule has 5 rings (SSSR count). The fraction of sp³-hybridized carbons (Fsp3) is 0.387. The average Bonchev–Trinajstić information content (AvgIpc) is 3.61. The second kappa shape index (κ2) is 11.3. The predicted octanol–water partition coefficient (Wildman–Crippen LogP) is 6.24. The number of hydrogen-bond acceptors (Lipinski definition) is 5. The zero-order chi connectivity index (χ0) is 26.6. The van der Waals surface area contributed by atoms with E-state index in [1.165, 1.54) is 32.1 Å². The number of hydrogen-bond donors (Lipinski definition) is 2. The Morgan fingerprint density at radius 1 is 1.16 bits per heavy atom. The second-order valence-corrected chi connectivity index (χ2v) is 10.6. The minimum absolute atomic E-state index is 0.0215. The van der Waals surface area contributed by atoms with Gasteiger partial charge in [0.05, 0.1) is 29.3 Å². The molecule has 198 valence electrons. The molecule has 0 saturated heterocycles. The maximum Gasteiger partial charge on any atom is 0.339 e. The number of benzene rings is 2. The SMILES string of the molecule is CC(Oc1cccc(-c2cccc(N=C(C(=CN)C(=O)O)[C@@H]3CC3c3cnn(C)c3)c2)c1)C1CCCCC1. The highest BCUT2D eigenvalue weighted by atomic mass is 16.5. The van der Waals surface area contributed by atoms with Crippen molar-refractivity contribution in [2.24, 2.45) is 29.6 Å². The van der Waals surface area contributed by atoms with Gasteiger partial charge in [0.1, 0.15) is 5.75 Å². The summed E-state index contributed by atoms with van der Waals surface area (Å²) in [6, 6.07) is 16.0. The maximum atomic E-state index is 12.0. The van der Waals surface area contributed by atoms with Gasteiger partial charge in [0.25, 0.3) is 0 Å². The average molecular weight is 513 g/mol. The van der Waals surface area contributed by atoms with Crippen LogP contribution in [0.3, 0.4) is 0 Å². The van der Waals surface area contributed by atoms with E-state index in [9.17, 15) is 9.90 Å². The molecule has 0 amide bonds. The van der Waals surface area contributed by atoms with Gasteiger partial charge in [-0.2, -0.15) is 5.10 Å². The van der Waals surface area contributed by atoms with E-state index in [0.717, 1.165) is 35.1 Å². The third kappa shape index (κ3) is 5.82. The van der Waals surface area contributed by atoms with E-state index in [-0.39, 0.29) is 23.5 Å². The summed E-state index contributed by atoms with van der Waals surface area (Å²) in [5.41, 5.74) is 10.1. The van der Waals surface area contributed by atoms with Crippen LogP contribution in [-0.4, -0.2) is 32.7 Å². The first-order valence-corrected chi connectivity index (χ1v) is 13.5. The van der Waals surface area contributed by atoms with Crippen molar-refractivity contribution < 1.29 is 14.6 Å².